The normalized spacial score (nSPS) is 12.4. The smallest absolute Gasteiger partial charge is 0.143 e. The molecule has 1 aliphatic rings. The molecule has 0 heterocycles. The summed E-state index contributed by atoms with van der Waals surface area (Å²) in [6.07, 6.45) is 0. The number of nitriles is 2. The molecule has 7 aromatic carbocycles. The number of hydrogen-bond acceptors (Lipinski definition) is 4. The summed E-state index contributed by atoms with van der Waals surface area (Å²) in [6.45, 7) is 4.47. The minimum Gasteiger partial charge on any atom is -0.310 e. The maximum absolute atomic E-state index is 15.0. The van der Waals surface area contributed by atoms with E-state index in [2.05, 4.69) is 62.4 Å². The molecule has 0 N–H and O–H groups in total. The number of hydrogen-bond donors (Lipinski definition) is 0. The van der Waals surface area contributed by atoms with Crippen LogP contribution in [0.15, 0.2) is 146 Å². The molecule has 1 aliphatic carbocycles. The lowest BCUT2D eigenvalue weighted by molar-refractivity contribution is 0.623. The molecule has 0 unspecified atom stereocenters. The number of para-hydroxylation sites is 2. The number of anilines is 6. The average Bonchev–Trinajstić information content (AvgIpc) is 3.38. The van der Waals surface area contributed by atoms with Crippen molar-refractivity contribution in [2.24, 2.45) is 0 Å². The van der Waals surface area contributed by atoms with Gasteiger partial charge in [-0.2, -0.15) is 10.5 Å². The van der Waals surface area contributed by atoms with Crippen LogP contribution in [0.3, 0.4) is 0 Å². The largest absolute Gasteiger partial charge is 0.310 e. The van der Waals surface area contributed by atoms with Crippen molar-refractivity contribution in [1.82, 2.24) is 0 Å². The predicted octanol–water partition coefficient (Wildman–Crippen LogP) is 12.1. The average molecular weight is 665 g/mol. The van der Waals surface area contributed by atoms with Crippen molar-refractivity contribution in [3.05, 3.63) is 179 Å². The van der Waals surface area contributed by atoms with Gasteiger partial charge in [-0.25, -0.2) is 8.78 Å². The van der Waals surface area contributed by atoms with Crippen LogP contribution in [-0.4, -0.2) is 0 Å². The maximum atomic E-state index is 15.0. The Hall–Kier alpha value is -6.76. The number of fused-ring (bicyclic) bond motifs is 5. The molecule has 0 fully saturated rings. The standard InChI is InChI=1S/C45H30F2N4/c1-45(2)41-24-35(51(33-11-7-4-8-12-33)37-17-14-31(28-49)43(47)26-37)19-22-39(41)40-20-15-29-23-34(18-21-38(29)44(40)45)50(32-9-5-3-6-10-32)36-16-13-30(27-48)42(46)25-36/h3-26H,1-2H3. The van der Waals surface area contributed by atoms with Gasteiger partial charge in [0.1, 0.15) is 23.8 Å². The van der Waals surface area contributed by atoms with Gasteiger partial charge in [0.05, 0.1) is 11.1 Å². The van der Waals surface area contributed by atoms with E-state index in [1.807, 2.05) is 82.6 Å². The molecule has 51 heavy (non-hydrogen) atoms. The molecule has 0 amide bonds. The molecule has 0 saturated heterocycles. The van der Waals surface area contributed by atoms with Crippen molar-refractivity contribution < 1.29 is 8.78 Å². The maximum Gasteiger partial charge on any atom is 0.143 e. The van der Waals surface area contributed by atoms with Crippen molar-refractivity contribution in [2.75, 3.05) is 9.80 Å². The van der Waals surface area contributed by atoms with E-state index in [0.29, 0.717) is 11.4 Å². The summed E-state index contributed by atoms with van der Waals surface area (Å²) >= 11 is 0. The Kier molecular flexibility index (Phi) is 7.59. The van der Waals surface area contributed by atoms with Gasteiger partial charge in [-0.15, -0.1) is 0 Å². The van der Waals surface area contributed by atoms with Crippen LogP contribution in [0.25, 0.3) is 21.9 Å². The minimum atomic E-state index is -0.566. The lowest BCUT2D eigenvalue weighted by Gasteiger charge is -2.29. The van der Waals surface area contributed by atoms with Gasteiger partial charge >= 0.3 is 0 Å². The number of halogens is 2. The highest BCUT2D eigenvalue weighted by Gasteiger charge is 2.37. The van der Waals surface area contributed by atoms with Crippen LogP contribution in [0, 0.1) is 34.3 Å². The van der Waals surface area contributed by atoms with Gasteiger partial charge in [0, 0.05) is 39.5 Å². The highest BCUT2D eigenvalue weighted by atomic mass is 19.1. The third-order valence-corrected chi connectivity index (χ3v) is 9.80. The number of nitrogens with zero attached hydrogens (tertiary/aromatic N) is 4. The lowest BCUT2D eigenvalue weighted by Crippen LogP contribution is -2.17. The van der Waals surface area contributed by atoms with Crippen LogP contribution in [0.5, 0.6) is 0 Å². The number of rotatable bonds is 6. The molecule has 7 aromatic rings. The fourth-order valence-electron chi connectivity index (χ4n) is 7.43. The van der Waals surface area contributed by atoms with Crippen molar-refractivity contribution in [3.8, 4) is 23.3 Å². The molecule has 8 rings (SSSR count). The quantitative estimate of drug-likeness (QED) is 0.178. The van der Waals surface area contributed by atoms with Gasteiger partial charge < -0.3 is 9.80 Å². The first-order valence-electron chi connectivity index (χ1n) is 16.6. The van der Waals surface area contributed by atoms with Crippen molar-refractivity contribution in [2.45, 2.75) is 19.3 Å². The van der Waals surface area contributed by atoms with Gasteiger partial charge in [0.25, 0.3) is 0 Å². The molecule has 0 radical (unpaired) electrons. The van der Waals surface area contributed by atoms with E-state index in [1.54, 1.807) is 12.1 Å². The summed E-state index contributed by atoms with van der Waals surface area (Å²) in [7, 11) is 0. The molecule has 0 aliphatic heterocycles. The molecule has 0 aromatic heterocycles. The van der Waals surface area contributed by atoms with Crippen LogP contribution in [0.2, 0.25) is 0 Å². The van der Waals surface area contributed by atoms with E-state index in [1.165, 1.54) is 29.8 Å². The van der Waals surface area contributed by atoms with Gasteiger partial charge in [0.2, 0.25) is 0 Å². The Balaban J connectivity index is 1.24. The summed E-state index contributed by atoms with van der Waals surface area (Å²) in [5.74, 6) is -1.13. The van der Waals surface area contributed by atoms with Crippen molar-refractivity contribution in [3.63, 3.8) is 0 Å². The highest BCUT2D eigenvalue weighted by Crippen LogP contribution is 2.53. The van der Waals surface area contributed by atoms with Crippen LogP contribution in [0.1, 0.15) is 36.1 Å². The molecule has 244 valence electrons. The van der Waals surface area contributed by atoms with E-state index >= 15 is 0 Å². The third kappa shape index (κ3) is 5.26. The Labute approximate surface area is 295 Å². The second-order valence-corrected chi connectivity index (χ2v) is 13.1. The van der Waals surface area contributed by atoms with Gasteiger partial charge in [-0.1, -0.05) is 74.5 Å². The van der Waals surface area contributed by atoms with E-state index in [0.717, 1.165) is 50.2 Å². The minimum absolute atomic E-state index is 0.00162. The fourth-order valence-corrected chi connectivity index (χ4v) is 7.43. The molecule has 6 heteroatoms. The number of benzene rings is 7. The molecule has 0 atom stereocenters. The highest BCUT2D eigenvalue weighted by molar-refractivity contribution is 6.00. The Morgan fingerprint density at radius 2 is 0.961 bits per heavy atom. The zero-order valence-corrected chi connectivity index (χ0v) is 27.9. The van der Waals surface area contributed by atoms with Crippen LogP contribution in [-0.2, 0) is 5.41 Å². The lowest BCUT2D eigenvalue weighted by atomic mass is 9.80. The molecule has 0 saturated carbocycles. The topological polar surface area (TPSA) is 54.1 Å². The third-order valence-electron chi connectivity index (χ3n) is 9.80. The second-order valence-electron chi connectivity index (χ2n) is 13.1. The van der Waals surface area contributed by atoms with Gasteiger partial charge in [-0.05, 0) is 118 Å². The Morgan fingerprint density at radius 1 is 0.490 bits per heavy atom. The van der Waals surface area contributed by atoms with E-state index < -0.39 is 11.6 Å². The Bertz CT molecular complexity index is 2570. The van der Waals surface area contributed by atoms with E-state index in [4.69, 9.17) is 0 Å². The summed E-state index contributed by atoms with van der Waals surface area (Å²) in [6, 6.07) is 49.9. The van der Waals surface area contributed by atoms with Crippen molar-refractivity contribution >= 4 is 44.9 Å². The summed E-state index contributed by atoms with van der Waals surface area (Å²) in [4.78, 5) is 4.01. The van der Waals surface area contributed by atoms with E-state index in [-0.39, 0.29) is 16.5 Å². The zero-order chi connectivity index (χ0) is 35.3. The second kappa shape index (κ2) is 12.3. The fraction of sp³-hybridized carbons (Fsp3) is 0.0667. The molecular weight excluding hydrogens is 635 g/mol. The van der Waals surface area contributed by atoms with Crippen LogP contribution in [0.4, 0.5) is 42.9 Å². The first kappa shape index (κ1) is 31.5. The molecule has 0 spiro atoms. The Morgan fingerprint density at radius 3 is 1.49 bits per heavy atom. The first-order chi connectivity index (χ1) is 24.8. The molecular formula is C45H30F2N4. The van der Waals surface area contributed by atoms with Crippen LogP contribution >= 0.6 is 0 Å². The predicted molar refractivity (Wildman–Crippen MR) is 200 cm³/mol. The zero-order valence-electron chi connectivity index (χ0n) is 27.9. The summed E-state index contributed by atoms with van der Waals surface area (Å²) in [5.41, 5.74) is 9.01. The molecule has 0 bridgehead atoms. The van der Waals surface area contributed by atoms with E-state index in [9.17, 15) is 19.3 Å². The van der Waals surface area contributed by atoms with Crippen LogP contribution < -0.4 is 9.80 Å². The summed E-state index contributed by atoms with van der Waals surface area (Å²) in [5, 5.41) is 20.8. The summed E-state index contributed by atoms with van der Waals surface area (Å²) < 4.78 is 29.9. The van der Waals surface area contributed by atoms with Gasteiger partial charge in [-0.3, -0.25) is 0 Å². The SMILES string of the molecule is CC1(C)c2cc(N(c3ccccc3)c3ccc(C#N)c(F)c3)ccc2-c2ccc3cc(N(c4ccccc4)c4ccc(C#N)c(F)c4)ccc3c21. The molecule has 4 nitrogen and oxygen atoms in total. The van der Waals surface area contributed by atoms with Gasteiger partial charge in [0.15, 0.2) is 0 Å². The monoisotopic (exact) mass is 664 g/mol. The first-order valence-corrected chi connectivity index (χ1v) is 16.6. The van der Waals surface area contributed by atoms with Crippen molar-refractivity contribution in [1.29, 1.82) is 10.5 Å².